The average Bonchev–Trinajstić information content (AvgIpc) is 2.85. The summed E-state index contributed by atoms with van der Waals surface area (Å²) in [5.41, 5.74) is 7.63. The Labute approximate surface area is 119 Å². The van der Waals surface area contributed by atoms with E-state index in [0.29, 0.717) is 18.4 Å². The van der Waals surface area contributed by atoms with Gasteiger partial charge in [-0.1, -0.05) is 13.8 Å². The monoisotopic (exact) mass is 283 g/mol. The number of fused-ring (bicyclic) bond motifs is 1. The first-order valence-electron chi connectivity index (χ1n) is 6.61. The fourth-order valence-corrected chi connectivity index (χ4v) is 2.22. The SMILES string of the molecule is Cc1nn(C(N)=S)c2c1C[C@H](COCCC(C)C)O2. The van der Waals surface area contributed by atoms with Crippen LogP contribution in [0.3, 0.4) is 0 Å². The molecule has 5 nitrogen and oxygen atoms in total. The molecule has 19 heavy (non-hydrogen) atoms. The smallest absolute Gasteiger partial charge is 0.222 e. The molecule has 0 fully saturated rings. The Bertz CT molecular complexity index is 471. The molecule has 1 atom stereocenters. The molecule has 0 aliphatic carbocycles. The Morgan fingerprint density at radius 2 is 2.37 bits per heavy atom. The van der Waals surface area contributed by atoms with Crippen molar-refractivity contribution in [3.8, 4) is 5.88 Å². The van der Waals surface area contributed by atoms with Crippen molar-refractivity contribution < 1.29 is 9.47 Å². The van der Waals surface area contributed by atoms with Crippen molar-refractivity contribution in [1.82, 2.24) is 9.78 Å². The molecule has 0 saturated carbocycles. The number of rotatable bonds is 5. The van der Waals surface area contributed by atoms with E-state index in [1.807, 2.05) is 6.92 Å². The van der Waals surface area contributed by atoms with Crippen LogP contribution >= 0.6 is 12.2 Å². The van der Waals surface area contributed by atoms with Crippen molar-refractivity contribution in [1.29, 1.82) is 0 Å². The van der Waals surface area contributed by atoms with Gasteiger partial charge in [-0.25, -0.2) is 0 Å². The summed E-state index contributed by atoms with van der Waals surface area (Å²) in [5.74, 6) is 1.34. The molecule has 6 heteroatoms. The molecule has 2 N–H and O–H groups in total. The third kappa shape index (κ3) is 3.25. The van der Waals surface area contributed by atoms with Gasteiger partial charge in [0.1, 0.15) is 6.10 Å². The van der Waals surface area contributed by atoms with Gasteiger partial charge in [-0.15, -0.1) is 0 Å². The van der Waals surface area contributed by atoms with Crippen LogP contribution in [-0.2, 0) is 11.2 Å². The second-order valence-corrected chi connectivity index (χ2v) is 5.74. The number of hydrogen-bond donors (Lipinski definition) is 1. The molecule has 1 aromatic heterocycles. The van der Waals surface area contributed by atoms with E-state index in [-0.39, 0.29) is 11.2 Å². The standard InChI is InChI=1S/C13H21N3O2S/c1-8(2)4-5-17-7-10-6-11-9(3)15-16(13(14)19)12(11)18-10/h8,10H,4-7H2,1-3H3,(H2,14,19)/t10-/m1/s1. The topological polar surface area (TPSA) is 62.3 Å². The van der Waals surface area contributed by atoms with Gasteiger partial charge < -0.3 is 15.2 Å². The molecule has 0 amide bonds. The Hall–Kier alpha value is -1.14. The maximum absolute atomic E-state index is 5.84. The van der Waals surface area contributed by atoms with Gasteiger partial charge in [-0.05, 0) is 31.5 Å². The van der Waals surface area contributed by atoms with Crippen molar-refractivity contribution in [2.45, 2.75) is 39.7 Å². The molecule has 1 aliphatic rings. The lowest BCUT2D eigenvalue weighted by Gasteiger charge is -2.13. The molecule has 1 aromatic rings. The van der Waals surface area contributed by atoms with Crippen molar-refractivity contribution >= 4 is 17.3 Å². The molecule has 2 rings (SSSR count). The van der Waals surface area contributed by atoms with Gasteiger partial charge in [0.05, 0.1) is 12.3 Å². The number of aryl methyl sites for hydroxylation is 1. The molecule has 106 valence electrons. The predicted octanol–water partition coefficient (Wildman–Crippen LogP) is 1.65. The minimum absolute atomic E-state index is 0.0412. The normalized spacial score (nSPS) is 17.6. The van der Waals surface area contributed by atoms with Crippen LogP contribution in [0.4, 0.5) is 0 Å². The highest BCUT2D eigenvalue weighted by molar-refractivity contribution is 7.80. The number of thiocarbonyl (C=S) groups is 1. The van der Waals surface area contributed by atoms with E-state index in [4.69, 9.17) is 27.4 Å². The van der Waals surface area contributed by atoms with Crippen LogP contribution in [0.5, 0.6) is 5.88 Å². The van der Waals surface area contributed by atoms with Crippen LogP contribution in [0.2, 0.25) is 0 Å². The number of nitrogens with two attached hydrogens (primary N) is 1. The zero-order chi connectivity index (χ0) is 14.0. The van der Waals surface area contributed by atoms with Gasteiger partial charge in [0.15, 0.2) is 5.11 Å². The van der Waals surface area contributed by atoms with E-state index < -0.39 is 0 Å². The fourth-order valence-electron chi connectivity index (χ4n) is 2.10. The molecular formula is C13H21N3O2S. The van der Waals surface area contributed by atoms with E-state index >= 15 is 0 Å². The van der Waals surface area contributed by atoms with Gasteiger partial charge >= 0.3 is 0 Å². The minimum Gasteiger partial charge on any atom is -0.471 e. The highest BCUT2D eigenvalue weighted by Crippen LogP contribution is 2.31. The Kier molecular flexibility index (Phi) is 4.42. The molecule has 0 spiro atoms. The second kappa shape index (κ2) is 5.88. The van der Waals surface area contributed by atoms with Gasteiger partial charge in [-0.2, -0.15) is 9.78 Å². The van der Waals surface area contributed by atoms with E-state index in [1.165, 1.54) is 4.68 Å². The summed E-state index contributed by atoms with van der Waals surface area (Å²) in [7, 11) is 0. The van der Waals surface area contributed by atoms with Crippen molar-refractivity contribution in [2.24, 2.45) is 11.7 Å². The lowest BCUT2D eigenvalue weighted by atomic mass is 10.1. The highest BCUT2D eigenvalue weighted by atomic mass is 32.1. The Morgan fingerprint density at radius 1 is 1.63 bits per heavy atom. The number of ether oxygens (including phenoxy) is 2. The third-order valence-electron chi connectivity index (χ3n) is 3.20. The highest BCUT2D eigenvalue weighted by Gasteiger charge is 2.30. The number of hydrogen-bond acceptors (Lipinski definition) is 4. The quantitative estimate of drug-likeness (QED) is 0.657. The minimum atomic E-state index is 0.0412. The van der Waals surface area contributed by atoms with Crippen LogP contribution in [0.1, 0.15) is 31.5 Å². The fraction of sp³-hybridized carbons (Fsp3) is 0.692. The van der Waals surface area contributed by atoms with Crippen LogP contribution in [0, 0.1) is 12.8 Å². The summed E-state index contributed by atoms with van der Waals surface area (Å²) in [6.07, 6.45) is 1.92. The van der Waals surface area contributed by atoms with Gasteiger partial charge in [0.25, 0.3) is 0 Å². The van der Waals surface area contributed by atoms with Crippen molar-refractivity contribution in [2.75, 3.05) is 13.2 Å². The van der Waals surface area contributed by atoms with E-state index in [0.717, 1.165) is 30.7 Å². The van der Waals surface area contributed by atoms with Gasteiger partial charge in [0, 0.05) is 18.6 Å². The summed E-state index contributed by atoms with van der Waals surface area (Å²) >= 11 is 4.96. The molecule has 0 saturated heterocycles. The largest absolute Gasteiger partial charge is 0.471 e. The lowest BCUT2D eigenvalue weighted by molar-refractivity contribution is 0.0525. The Balaban J connectivity index is 1.90. The summed E-state index contributed by atoms with van der Waals surface area (Å²) < 4.78 is 13.0. The zero-order valence-corrected chi connectivity index (χ0v) is 12.5. The lowest BCUT2D eigenvalue weighted by Crippen LogP contribution is -2.25. The first-order valence-corrected chi connectivity index (χ1v) is 7.02. The molecule has 2 heterocycles. The van der Waals surface area contributed by atoms with Crippen LogP contribution in [0.15, 0.2) is 0 Å². The molecular weight excluding hydrogens is 262 g/mol. The average molecular weight is 283 g/mol. The molecule has 0 aromatic carbocycles. The molecule has 0 radical (unpaired) electrons. The van der Waals surface area contributed by atoms with Crippen molar-refractivity contribution in [3.63, 3.8) is 0 Å². The first-order chi connectivity index (χ1) is 8.99. The molecule has 0 unspecified atom stereocenters. The molecule has 1 aliphatic heterocycles. The van der Waals surface area contributed by atoms with E-state index in [9.17, 15) is 0 Å². The molecule has 0 bridgehead atoms. The summed E-state index contributed by atoms with van der Waals surface area (Å²) in [6.45, 7) is 7.68. The zero-order valence-electron chi connectivity index (χ0n) is 11.7. The summed E-state index contributed by atoms with van der Waals surface area (Å²) in [4.78, 5) is 0. The van der Waals surface area contributed by atoms with Crippen LogP contribution in [0.25, 0.3) is 0 Å². The van der Waals surface area contributed by atoms with Crippen molar-refractivity contribution in [3.05, 3.63) is 11.3 Å². The van der Waals surface area contributed by atoms with Gasteiger partial charge in [-0.3, -0.25) is 0 Å². The maximum Gasteiger partial charge on any atom is 0.222 e. The van der Waals surface area contributed by atoms with Crippen LogP contribution in [-0.4, -0.2) is 34.2 Å². The number of aromatic nitrogens is 2. The second-order valence-electron chi connectivity index (χ2n) is 5.32. The Morgan fingerprint density at radius 3 is 3.00 bits per heavy atom. The van der Waals surface area contributed by atoms with Gasteiger partial charge in [0.2, 0.25) is 5.88 Å². The first kappa shape index (κ1) is 14.3. The van der Waals surface area contributed by atoms with E-state index in [2.05, 4.69) is 18.9 Å². The predicted molar refractivity (Wildman–Crippen MR) is 77.5 cm³/mol. The maximum atomic E-state index is 5.84. The summed E-state index contributed by atoms with van der Waals surface area (Å²) in [6, 6.07) is 0. The number of nitrogens with zero attached hydrogens (tertiary/aromatic N) is 2. The summed E-state index contributed by atoms with van der Waals surface area (Å²) in [5, 5.41) is 4.48. The third-order valence-corrected chi connectivity index (χ3v) is 3.37. The van der Waals surface area contributed by atoms with E-state index in [1.54, 1.807) is 0 Å². The van der Waals surface area contributed by atoms with Crippen LogP contribution < -0.4 is 10.5 Å².